The minimum Gasteiger partial charge on any atom is -0.480 e. The zero-order valence-corrected chi connectivity index (χ0v) is 7.93. The highest BCUT2D eigenvalue weighted by molar-refractivity contribution is 7.99. The molecule has 0 aromatic heterocycles. The molecule has 5 heteroatoms. The average Bonchev–Trinajstić information content (AvgIpc) is 2.57. The van der Waals surface area contributed by atoms with Gasteiger partial charge in [0.05, 0.1) is 0 Å². The van der Waals surface area contributed by atoms with Crippen molar-refractivity contribution in [3.8, 4) is 0 Å². The van der Waals surface area contributed by atoms with Crippen LogP contribution in [0.1, 0.15) is 13.3 Å². The molecule has 0 amide bonds. The molecule has 1 atom stereocenters. The maximum atomic E-state index is 10.1. The van der Waals surface area contributed by atoms with E-state index in [1.165, 1.54) is 0 Å². The third kappa shape index (κ3) is 5.40. The Morgan fingerprint density at radius 1 is 1.75 bits per heavy atom. The molecule has 72 valence electrons. The Hall–Kier alpha value is -0.260. The molecule has 0 aromatic carbocycles. The van der Waals surface area contributed by atoms with E-state index in [0.29, 0.717) is 12.4 Å². The Balaban J connectivity index is 0.000000261. The first-order valence-corrected chi connectivity index (χ1v) is 5.02. The average molecular weight is 193 g/mol. The Bertz CT molecular complexity index is 124. The number of hydrogen-bond acceptors (Lipinski definition) is 4. The van der Waals surface area contributed by atoms with Crippen molar-refractivity contribution >= 4 is 17.7 Å². The van der Waals surface area contributed by atoms with Gasteiger partial charge in [-0.25, -0.2) is 0 Å². The monoisotopic (exact) mass is 193 g/mol. The lowest BCUT2D eigenvalue weighted by molar-refractivity contribution is -0.138. The van der Waals surface area contributed by atoms with E-state index in [9.17, 15) is 4.79 Å². The smallest absolute Gasteiger partial charge is 0.321 e. The van der Waals surface area contributed by atoms with Crippen LogP contribution in [0.25, 0.3) is 0 Å². The van der Waals surface area contributed by atoms with Crippen molar-refractivity contribution in [2.24, 2.45) is 0 Å². The molecule has 1 heterocycles. The summed E-state index contributed by atoms with van der Waals surface area (Å²) in [7, 11) is 0. The molecule has 0 saturated carbocycles. The molecule has 12 heavy (non-hydrogen) atoms. The molecule has 4 nitrogen and oxygen atoms in total. The molecular formula is C7H15NO3S. The highest BCUT2D eigenvalue weighted by Gasteiger charge is 2.20. The second-order valence-electron chi connectivity index (χ2n) is 2.33. The topological polar surface area (TPSA) is 69.6 Å². The van der Waals surface area contributed by atoms with Gasteiger partial charge < -0.3 is 10.2 Å². The van der Waals surface area contributed by atoms with Gasteiger partial charge in [0.15, 0.2) is 0 Å². The van der Waals surface area contributed by atoms with E-state index in [4.69, 9.17) is 10.2 Å². The second-order valence-corrected chi connectivity index (χ2v) is 3.36. The molecule has 1 aliphatic heterocycles. The van der Waals surface area contributed by atoms with Gasteiger partial charge in [0.25, 0.3) is 0 Å². The fraction of sp³-hybridized carbons (Fsp3) is 0.857. The van der Waals surface area contributed by atoms with Crippen LogP contribution in [0.2, 0.25) is 0 Å². The third-order valence-electron chi connectivity index (χ3n) is 1.24. The molecular weight excluding hydrogens is 178 g/mol. The number of aliphatic carboxylic acids is 1. The molecule has 0 spiro atoms. The Kier molecular flexibility index (Phi) is 7.23. The molecule has 1 rings (SSSR count). The van der Waals surface area contributed by atoms with Crippen molar-refractivity contribution in [3.63, 3.8) is 0 Å². The first kappa shape index (κ1) is 11.7. The molecule has 0 bridgehead atoms. The Morgan fingerprint density at radius 2 is 2.33 bits per heavy atom. The van der Waals surface area contributed by atoms with Crippen molar-refractivity contribution < 1.29 is 15.0 Å². The van der Waals surface area contributed by atoms with Crippen LogP contribution in [0, 0.1) is 0 Å². The normalized spacial score (nSPS) is 21.3. The zero-order valence-electron chi connectivity index (χ0n) is 7.12. The summed E-state index contributed by atoms with van der Waals surface area (Å²) in [4.78, 5) is 10.1. The SMILES string of the molecule is CCCO.O=C(O)C1CSCN1. The standard InChI is InChI=1S/C4H7NO2S.C3H8O/c6-4(7)3-1-8-2-5-3;1-2-3-4/h3,5H,1-2H2,(H,6,7);4H,2-3H2,1H3. The highest BCUT2D eigenvalue weighted by atomic mass is 32.2. The van der Waals surface area contributed by atoms with E-state index in [1.54, 1.807) is 11.8 Å². The lowest BCUT2D eigenvalue weighted by atomic mass is 10.4. The van der Waals surface area contributed by atoms with Gasteiger partial charge in [0, 0.05) is 18.2 Å². The van der Waals surface area contributed by atoms with Crippen LogP contribution >= 0.6 is 11.8 Å². The molecule has 1 aliphatic rings. The predicted molar refractivity (Wildman–Crippen MR) is 49.3 cm³/mol. The fourth-order valence-electron chi connectivity index (χ4n) is 0.554. The quantitative estimate of drug-likeness (QED) is 0.581. The van der Waals surface area contributed by atoms with Crippen molar-refractivity contribution in [3.05, 3.63) is 0 Å². The van der Waals surface area contributed by atoms with Crippen LogP contribution in [0.5, 0.6) is 0 Å². The van der Waals surface area contributed by atoms with Gasteiger partial charge in [-0.1, -0.05) is 6.92 Å². The van der Waals surface area contributed by atoms with Crippen LogP contribution in [-0.2, 0) is 4.79 Å². The number of hydrogen-bond donors (Lipinski definition) is 3. The number of carbonyl (C=O) groups is 1. The van der Waals surface area contributed by atoms with Crippen molar-refractivity contribution in [1.29, 1.82) is 0 Å². The summed E-state index contributed by atoms with van der Waals surface area (Å²) < 4.78 is 0. The summed E-state index contributed by atoms with van der Waals surface area (Å²) in [5.41, 5.74) is 0. The maximum absolute atomic E-state index is 10.1. The molecule has 3 N–H and O–H groups in total. The molecule has 0 aromatic rings. The summed E-state index contributed by atoms with van der Waals surface area (Å²) in [6.07, 6.45) is 0.875. The molecule has 1 fully saturated rings. The lowest BCUT2D eigenvalue weighted by Crippen LogP contribution is -2.32. The van der Waals surface area contributed by atoms with E-state index < -0.39 is 5.97 Å². The zero-order chi connectivity index (χ0) is 9.40. The first-order valence-electron chi connectivity index (χ1n) is 3.87. The summed E-state index contributed by atoms with van der Waals surface area (Å²) in [5.74, 6) is 0.738. The van der Waals surface area contributed by atoms with E-state index >= 15 is 0 Å². The number of carboxylic acid groups (broad SMARTS) is 1. The lowest BCUT2D eigenvalue weighted by Gasteiger charge is -1.98. The van der Waals surface area contributed by atoms with Gasteiger partial charge >= 0.3 is 5.97 Å². The predicted octanol–water partition coefficient (Wildman–Crippen LogP) is 0.122. The van der Waals surface area contributed by atoms with E-state index in [2.05, 4.69) is 5.32 Å². The van der Waals surface area contributed by atoms with Crippen LogP contribution < -0.4 is 5.32 Å². The van der Waals surface area contributed by atoms with Gasteiger partial charge in [-0.15, -0.1) is 11.8 Å². The van der Waals surface area contributed by atoms with Crippen LogP contribution in [0.15, 0.2) is 0 Å². The summed E-state index contributed by atoms with van der Waals surface area (Å²) in [6, 6.07) is -0.306. The number of aliphatic hydroxyl groups is 1. The Labute approximate surface area is 76.4 Å². The molecule has 0 aliphatic carbocycles. The largest absolute Gasteiger partial charge is 0.480 e. The summed E-state index contributed by atoms with van der Waals surface area (Å²) in [5, 5.41) is 19.0. The highest BCUT2D eigenvalue weighted by Crippen LogP contribution is 2.08. The maximum Gasteiger partial charge on any atom is 0.321 e. The first-order chi connectivity index (χ1) is 5.72. The van der Waals surface area contributed by atoms with Crippen LogP contribution in [-0.4, -0.2) is 40.5 Å². The molecule has 0 radical (unpaired) electrons. The van der Waals surface area contributed by atoms with Gasteiger partial charge in [-0.3, -0.25) is 10.1 Å². The molecule has 1 unspecified atom stereocenters. The number of rotatable bonds is 2. The third-order valence-corrected chi connectivity index (χ3v) is 2.18. The van der Waals surface area contributed by atoms with Crippen molar-refractivity contribution in [2.45, 2.75) is 19.4 Å². The Morgan fingerprint density at radius 3 is 2.50 bits per heavy atom. The molecule has 1 saturated heterocycles. The summed E-state index contributed by atoms with van der Waals surface area (Å²) >= 11 is 1.62. The minimum atomic E-state index is -0.741. The van der Waals surface area contributed by atoms with Gasteiger partial charge in [0.1, 0.15) is 6.04 Å². The van der Waals surface area contributed by atoms with Crippen molar-refractivity contribution in [1.82, 2.24) is 5.32 Å². The van der Waals surface area contributed by atoms with E-state index in [0.717, 1.165) is 12.3 Å². The van der Waals surface area contributed by atoms with Crippen molar-refractivity contribution in [2.75, 3.05) is 18.2 Å². The second kappa shape index (κ2) is 7.39. The van der Waals surface area contributed by atoms with E-state index in [-0.39, 0.29) is 6.04 Å². The van der Waals surface area contributed by atoms with Crippen LogP contribution in [0.3, 0.4) is 0 Å². The van der Waals surface area contributed by atoms with E-state index in [1.807, 2.05) is 6.92 Å². The van der Waals surface area contributed by atoms with Gasteiger partial charge in [0.2, 0.25) is 0 Å². The number of aliphatic hydroxyl groups excluding tert-OH is 1. The van der Waals surface area contributed by atoms with Crippen LogP contribution in [0.4, 0.5) is 0 Å². The minimum absolute atomic E-state index is 0.306. The fourth-order valence-corrected chi connectivity index (χ4v) is 1.49. The number of carboxylic acids is 1. The summed E-state index contributed by atoms with van der Waals surface area (Å²) in [6.45, 7) is 2.25. The van der Waals surface area contributed by atoms with Gasteiger partial charge in [-0.05, 0) is 6.42 Å². The number of nitrogens with one attached hydrogen (secondary N) is 1. The number of thioether (sulfide) groups is 1. The van der Waals surface area contributed by atoms with Gasteiger partial charge in [-0.2, -0.15) is 0 Å².